The summed E-state index contributed by atoms with van der Waals surface area (Å²) in [5.74, 6) is -0.167. The van der Waals surface area contributed by atoms with Crippen molar-refractivity contribution in [2.24, 2.45) is 0 Å². The first-order valence-corrected chi connectivity index (χ1v) is 8.40. The second kappa shape index (κ2) is 6.49. The fourth-order valence-corrected chi connectivity index (χ4v) is 3.06. The minimum atomic E-state index is -0.167. The van der Waals surface area contributed by atoms with E-state index >= 15 is 0 Å². The molecule has 4 aromatic rings. The molecule has 1 aromatic heterocycles. The first-order valence-electron chi connectivity index (χ1n) is 7.60. The van der Waals surface area contributed by atoms with E-state index in [1.54, 1.807) is 12.1 Å². The Morgan fingerprint density at radius 2 is 1.56 bits per heavy atom. The van der Waals surface area contributed by atoms with Gasteiger partial charge in [-0.05, 0) is 50.5 Å². The van der Waals surface area contributed by atoms with E-state index < -0.39 is 0 Å². The van der Waals surface area contributed by atoms with Crippen LogP contribution >= 0.6 is 15.9 Å². The lowest BCUT2D eigenvalue weighted by atomic mass is 10.0. The van der Waals surface area contributed by atoms with Crippen molar-refractivity contribution in [2.45, 2.75) is 0 Å². The van der Waals surface area contributed by atoms with Gasteiger partial charge in [-0.3, -0.25) is 4.79 Å². The van der Waals surface area contributed by atoms with E-state index in [9.17, 15) is 4.79 Å². The Kier molecular flexibility index (Phi) is 4.03. The molecule has 25 heavy (non-hydrogen) atoms. The molecule has 0 radical (unpaired) electrons. The van der Waals surface area contributed by atoms with Crippen LogP contribution in [0.3, 0.4) is 0 Å². The van der Waals surface area contributed by atoms with Gasteiger partial charge in [-0.2, -0.15) is 0 Å². The van der Waals surface area contributed by atoms with Crippen LogP contribution in [0.5, 0.6) is 0 Å². The SMILES string of the molecule is O=C(Nc1ccccc1-c1ccc(Br)c2nonc12)c1ccccc1. The van der Waals surface area contributed by atoms with Gasteiger partial charge in [0.1, 0.15) is 11.0 Å². The zero-order valence-corrected chi connectivity index (χ0v) is 14.5. The lowest BCUT2D eigenvalue weighted by Crippen LogP contribution is -2.12. The van der Waals surface area contributed by atoms with Crippen molar-refractivity contribution < 1.29 is 9.42 Å². The molecule has 4 rings (SSSR count). The second-order valence-electron chi connectivity index (χ2n) is 5.42. The van der Waals surface area contributed by atoms with E-state index in [1.165, 1.54) is 0 Å². The van der Waals surface area contributed by atoms with Gasteiger partial charge >= 0.3 is 0 Å². The van der Waals surface area contributed by atoms with E-state index in [1.807, 2.05) is 54.6 Å². The molecular formula is C19H12BrN3O2. The van der Waals surface area contributed by atoms with Crippen LogP contribution < -0.4 is 5.32 Å². The summed E-state index contributed by atoms with van der Waals surface area (Å²) in [6, 6.07) is 20.5. The molecule has 0 bridgehead atoms. The number of hydrogen-bond donors (Lipinski definition) is 1. The molecule has 6 heteroatoms. The van der Waals surface area contributed by atoms with Crippen molar-refractivity contribution in [2.75, 3.05) is 5.32 Å². The number of benzene rings is 3. The van der Waals surface area contributed by atoms with Crippen LogP contribution in [0.1, 0.15) is 10.4 Å². The van der Waals surface area contributed by atoms with E-state index in [2.05, 4.69) is 31.6 Å². The smallest absolute Gasteiger partial charge is 0.255 e. The van der Waals surface area contributed by atoms with Gasteiger partial charge in [0.15, 0.2) is 0 Å². The topological polar surface area (TPSA) is 68.0 Å². The van der Waals surface area contributed by atoms with Crippen molar-refractivity contribution in [3.05, 3.63) is 76.8 Å². The molecule has 0 aliphatic rings. The van der Waals surface area contributed by atoms with Crippen molar-refractivity contribution in [1.82, 2.24) is 10.3 Å². The molecule has 0 saturated carbocycles. The average Bonchev–Trinajstić information content (AvgIpc) is 3.14. The number of nitrogens with one attached hydrogen (secondary N) is 1. The van der Waals surface area contributed by atoms with Crippen LogP contribution in [0.15, 0.2) is 75.8 Å². The minimum Gasteiger partial charge on any atom is -0.321 e. The minimum absolute atomic E-state index is 0.167. The fraction of sp³-hybridized carbons (Fsp3) is 0. The molecule has 0 saturated heterocycles. The Labute approximate surface area is 151 Å². The molecule has 0 unspecified atom stereocenters. The Bertz CT molecular complexity index is 1060. The number of anilines is 1. The monoisotopic (exact) mass is 393 g/mol. The van der Waals surface area contributed by atoms with Crippen molar-refractivity contribution in [3.8, 4) is 11.1 Å². The predicted molar refractivity (Wildman–Crippen MR) is 99.3 cm³/mol. The summed E-state index contributed by atoms with van der Waals surface area (Å²) in [5, 5.41) is 10.9. The lowest BCUT2D eigenvalue weighted by Gasteiger charge is -2.11. The highest BCUT2D eigenvalue weighted by molar-refractivity contribution is 9.10. The third kappa shape index (κ3) is 2.92. The van der Waals surface area contributed by atoms with Crippen LogP contribution in [-0.2, 0) is 0 Å². The molecule has 1 heterocycles. The van der Waals surface area contributed by atoms with Gasteiger partial charge in [-0.1, -0.05) is 42.5 Å². The number of nitrogens with zero attached hydrogens (tertiary/aromatic N) is 2. The Balaban J connectivity index is 1.78. The van der Waals surface area contributed by atoms with Crippen LogP contribution in [0.25, 0.3) is 22.2 Å². The van der Waals surface area contributed by atoms with Gasteiger partial charge < -0.3 is 5.32 Å². The molecule has 0 spiro atoms. The van der Waals surface area contributed by atoms with E-state index in [4.69, 9.17) is 4.63 Å². The summed E-state index contributed by atoms with van der Waals surface area (Å²) in [4.78, 5) is 12.5. The van der Waals surface area contributed by atoms with Gasteiger partial charge in [0.05, 0.1) is 0 Å². The van der Waals surface area contributed by atoms with Crippen molar-refractivity contribution >= 4 is 38.6 Å². The van der Waals surface area contributed by atoms with Gasteiger partial charge in [-0.25, -0.2) is 4.63 Å². The first-order chi connectivity index (χ1) is 12.2. The van der Waals surface area contributed by atoms with Gasteiger partial charge in [-0.15, -0.1) is 0 Å². The molecule has 0 aliphatic carbocycles. The van der Waals surface area contributed by atoms with E-state index in [0.717, 1.165) is 15.6 Å². The second-order valence-corrected chi connectivity index (χ2v) is 6.28. The summed E-state index contributed by atoms with van der Waals surface area (Å²) in [6.07, 6.45) is 0. The molecule has 1 amide bonds. The third-order valence-electron chi connectivity index (χ3n) is 3.87. The number of para-hydroxylation sites is 1. The Hall–Kier alpha value is -2.99. The molecule has 3 aromatic carbocycles. The van der Waals surface area contributed by atoms with Crippen LogP contribution in [0, 0.1) is 0 Å². The number of fused-ring (bicyclic) bond motifs is 1. The highest BCUT2D eigenvalue weighted by Crippen LogP contribution is 2.35. The van der Waals surface area contributed by atoms with E-state index in [-0.39, 0.29) is 5.91 Å². The lowest BCUT2D eigenvalue weighted by molar-refractivity contribution is 0.102. The number of rotatable bonds is 3. The summed E-state index contributed by atoms with van der Waals surface area (Å²) < 4.78 is 5.68. The number of halogens is 1. The fourth-order valence-electron chi connectivity index (χ4n) is 2.66. The molecule has 0 atom stereocenters. The normalized spacial score (nSPS) is 10.8. The summed E-state index contributed by atoms with van der Waals surface area (Å²) >= 11 is 3.44. The zero-order chi connectivity index (χ0) is 17.2. The van der Waals surface area contributed by atoms with Gasteiger partial charge in [0.2, 0.25) is 0 Å². The molecular weight excluding hydrogens is 382 g/mol. The summed E-state index contributed by atoms with van der Waals surface area (Å²) in [5.41, 5.74) is 4.25. The molecule has 0 aliphatic heterocycles. The molecule has 5 nitrogen and oxygen atoms in total. The van der Waals surface area contributed by atoms with Crippen LogP contribution in [0.4, 0.5) is 5.69 Å². The number of amides is 1. The number of carbonyl (C=O) groups is 1. The van der Waals surface area contributed by atoms with Crippen molar-refractivity contribution in [1.29, 1.82) is 0 Å². The maximum Gasteiger partial charge on any atom is 0.255 e. The highest BCUT2D eigenvalue weighted by atomic mass is 79.9. The molecule has 122 valence electrons. The molecule has 1 N–H and O–H groups in total. The highest BCUT2D eigenvalue weighted by Gasteiger charge is 2.16. The zero-order valence-electron chi connectivity index (χ0n) is 12.9. The first kappa shape index (κ1) is 15.5. The van der Waals surface area contributed by atoms with Crippen LogP contribution in [-0.4, -0.2) is 16.2 Å². The molecule has 0 fully saturated rings. The number of carbonyl (C=O) groups excluding carboxylic acids is 1. The quantitative estimate of drug-likeness (QED) is 0.537. The maximum absolute atomic E-state index is 12.5. The van der Waals surface area contributed by atoms with Gasteiger partial charge in [0.25, 0.3) is 5.91 Å². The van der Waals surface area contributed by atoms with Crippen LogP contribution in [0.2, 0.25) is 0 Å². The summed E-state index contributed by atoms with van der Waals surface area (Å²) in [7, 11) is 0. The van der Waals surface area contributed by atoms with Crippen molar-refractivity contribution in [3.63, 3.8) is 0 Å². The largest absolute Gasteiger partial charge is 0.321 e. The number of hydrogen-bond acceptors (Lipinski definition) is 4. The summed E-state index contributed by atoms with van der Waals surface area (Å²) in [6.45, 7) is 0. The van der Waals surface area contributed by atoms with E-state index in [0.29, 0.717) is 22.3 Å². The Morgan fingerprint density at radius 1 is 0.840 bits per heavy atom. The number of aromatic nitrogens is 2. The predicted octanol–water partition coefficient (Wildman–Crippen LogP) is 4.90. The standard InChI is InChI=1S/C19H12BrN3O2/c20-15-11-10-14(17-18(15)23-25-22-17)13-8-4-5-9-16(13)21-19(24)12-6-2-1-3-7-12/h1-11H,(H,21,24). The van der Waals surface area contributed by atoms with Gasteiger partial charge in [0, 0.05) is 26.9 Å². The third-order valence-corrected chi connectivity index (χ3v) is 4.51. The Morgan fingerprint density at radius 3 is 2.40 bits per heavy atom. The maximum atomic E-state index is 12.5. The average molecular weight is 394 g/mol.